The molecule has 0 saturated carbocycles. The second-order valence-electron chi connectivity index (χ2n) is 7.46. The summed E-state index contributed by atoms with van der Waals surface area (Å²) in [6.45, 7) is 3.40. The molecule has 0 spiro atoms. The Kier molecular flexibility index (Phi) is 5.64. The summed E-state index contributed by atoms with van der Waals surface area (Å²) in [4.78, 5) is 29.1. The highest BCUT2D eigenvalue weighted by Gasteiger charge is 2.44. The van der Waals surface area contributed by atoms with Gasteiger partial charge in [-0.15, -0.1) is 0 Å². The molecule has 2 saturated heterocycles. The minimum atomic E-state index is -4.32. The summed E-state index contributed by atoms with van der Waals surface area (Å²) in [5.74, 6) is 1.44. The van der Waals surface area contributed by atoms with Crippen molar-refractivity contribution in [2.45, 2.75) is 44.3 Å². The van der Waals surface area contributed by atoms with Crippen molar-refractivity contribution in [3.8, 4) is 0 Å². The highest BCUT2D eigenvalue weighted by atomic mass is 31.2. The smallest absolute Gasteiger partial charge is 0.350 e. The summed E-state index contributed by atoms with van der Waals surface area (Å²) < 4.78 is 23.3. The van der Waals surface area contributed by atoms with Gasteiger partial charge in [-0.05, 0) is 25.8 Å². The second kappa shape index (κ2) is 7.92. The fraction of sp³-hybridized carbons (Fsp3) is 0.647. The number of anilines is 1. The maximum atomic E-state index is 10.9. The molecule has 2 aliphatic heterocycles. The fourth-order valence-electron chi connectivity index (χ4n) is 3.88. The van der Waals surface area contributed by atoms with Gasteiger partial charge < -0.3 is 38.9 Å². The number of aliphatic hydroxyl groups is 2. The third kappa shape index (κ3) is 4.17. The van der Waals surface area contributed by atoms with Gasteiger partial charge in [0.15, 0.2) is 6.23 Å². The highest BCUT2D eigenvalue weighted by Crippen LogP contribution is 2.37. The first-order valence-corrected chi connectivity index (χ1v) is 11.3. The first-order chi connectivity index (χ1) is 13.7. The Morgan fingerprint density at radius 2 is 1.97 bits per heavy atom. The van der Waals surface area contributed by atoms with Gasteiger partial charge in [0.25, 0.3) is 0 Å². The molecule has 0 unspecified atom stereocenters. The zero-order valence-electron chi connectivity index (χ0n) is 16.0. The standard InChI is InChI=1S/C17H25N4O7P/c1-10-18-15(20-5-2-3-6-20)11-4-7-21(16(11)19-10)17-14(23)13(22)12(28-17)8-27-9-29(24,25)26/h4,7,12-14,17,22-23H,2-3,5-6,8-9H2,1H3,(H2,24,25,26)/t12-,13-,14-,17-/m1/s1. The number of aromatic nitrogens is 3. The Labute approximate surface area is 167 Å². The van der Waals surface area contributed by atoms with Crippen LogP contribution in [0.3, 0.4) is 0 Å². The van der Waals surface area contributed by atoms with Crippen LogP contribution >= 0.6 is 7.60 Å². The number of rotatable bonds is 6. The van der Waals surface area contributed by atoms with Gasteiger partial charge in [0.05, 0.1) is 12.0 Å². The zero-order chi connectivity index (χ0) is 20.8. The van der Waals surface area contributed by atoms with Crippen LogP contribution in [-0.4, -0.2) is 78.9 Å². The topological polar surface area (TPSA) is 150 Å². The summed E-state index contributed by atoms with van der Waals surface area (Å²) in [5, 5.41) is 21.7. The van der Waals surface area contributed by atoms with Crippen molar-refractivity contribution in [1.82, 2.24) is 14.5 Å². The molecule has 11 nitrogen and oxygen atoms in total. The summed E-state index contributed by atoms with van der Waals surface area (Å²) in [5.41, 5.74) is 0.590. The number of aliphatic hydroxyl groups excluding tert-OH is 2. The zero-order valence-corrected chi connectivity index (χ0v) is 16.9. The average Bonchev–Trinajstić information content (AvgIpc) is 3.36. The number of ether oxygens (including phenoxy) is 2. The normalized spacial score (nSPS) is 28.0. The van der Waals surface area contributed by atoms with E-state index in [0.717, 1.165) is 37.1 Å². The predicted molar refractivity (Wildman–Crippen MR) is 102 cm³/mol. The van der Waals surface area contributed by atoms with E-state index in [4.69, 9.17) is 19.3 Å². The molecular weight excluding hydrogens is 403 g/mol. The monoisotopic (exact) mass is 428 g/mol. The lowest BCUT2D eigenvalue weighted by atomic mass is 10.1. The summed E-state index contributed by atoms with van der Waals surface area (Å²) in [6.07, 6.45) is -1.19. The molecule has 2 fully saturated rings. The van der Waals surface area contributed by atoms with E-state index in [1.165, 1.54) is 0 Å². The van der Waals surface area contributed by atoms with Crippen LogP contribution in [-0.2, 0) is 14.0 Å². The molecule has 12 heteroatoms. The van der Waals surface area contributed by atoms with E-state index in [-0.39, 0.29) is 6.61 Å². The van der Waals surface area contributed by atoms with E-state index in [1.54, 1.807) is 17.7 Å². The van der Waals surface area contributed by atoms with Gasteiger partial charge in [-0.1, -0.05) is 0 Å². The molecule has 4 heterocycles. The quantitative estimate of drug-likeness (QED) is 0.467. The number of aryl methyl sites for hydroxylation is 1. The summed E-state index contributed by atoms with van der Waals surface area (Å²) >= 11 is 0. The molecule has 4 rings (SSSR count). The van der Waals surface area contributed by atoms with Crippen LogP contribution in [0.2, 0.25) is 0 Å². The Morgan fingerprint density at radius 3 is 2.66 bits per heavy atom. The number of fused-ring (bicyclic) bond motifs is 1. The number of hydrogen-bond acceptors (Lipinski definition) is 8. The van der Waals surface area contributed by atoms with Crippen molar-refractivity contribution in [3.05, 3.63) is 18.1 Å². The maximum Gasteiger partial charge on any atom is 0.350 e. The Hall–Kier alpha value is -1.59. The molecule has 0 bridgehead atoms. The molecule has 2 aromatic rings. The van der Waals surface area contributed by atoms with Gasteiger partial charge in [-0.3, -0.25) is 4.57 Å². The minimum absolute atomic E-state index is 0.258. The Balaban J connectivity index is 1.58. The van der Waals surface area contributed by atoms with Crippen molar-refractivity contribution < 1.29 is 34.0 Å². The minimum Gasteiger partial charge on any atom is -0.387 e. The van der Waals surface area contributed by atoms with Crippen LogP contribution in [0.15, 0.2) is 12.3 Å². The lowest BCUT2D eigenvalue weighted by Crippen LogP contribution is -2.33. The van der Waals surface area contributed by atoms with E-state index in [9.17, 15) is 14.8 Å². The van der Waals surface area contributed by atoms with Crippen molar-refractivity contribution in [3.63, 3.8) is 0 Å². The molecule has 160 valence electrons. The van der Waals surface area contributed by atoms with Gasteiger partial charge >= 0.3 is 7.60 Å². The van der Waals surface area contributed by atoms with Crippen molar-refractivity contribution in [2.75, 3.05) is 30.9 Å². The van der Waals surface area contributed by atoms with Crippen molar-refractivity contribution >= 4 is 24.4 Å². The van der Waals surface area contributed by atoms with Crippen molar-refractivity contribution in [2.24, 2.45) is 0 Å². The second-order valence-corrected chi connectivity index (χ2v) is 9.05. The molecule has 2 aliphatic rings. The summed E-state index contributed by atoms with van der Waals surface area (Å²) in [6, 6.07) is 1.86. The van der Waals surface area contributed by atoms with Crippen LogP contribution in [0.5, 0.6) is 0 Å². The Morgan fingerprint density at radius 1 is 1.24 bits per heavy atom. The lowest BCUT2D eigenvalue weighted by molar-refractivity contribution is -0.0610. The molecule has 4 N–H and O–H groups in total. The maximum absolute atomic E-state index is 10.9. The fourth-order valence-corrected chi connectivity index (χ4v) is 4.23. The average molecular weight is 428 g/mol. The Bertz CT molecular complexity index is 926. The van der Waals surface area contributed by atoms with E-state index < -0.39 is 38.5 Å². The van der Waals surface area contributed by atoms with Gasteiger partial charge in [-0.2, -0.15) is 0 Å². The molecular formula is C17H25N4O7P. The summed E-state index contributed by atoms with van der Waals surface area (Å²) in [7, 11) is -4.32. The van der Waals surface area contributed by atoms with E-state index in [2.05, 4.69) is 14.9 Å². The van der Waals surface area contributed by atoms with Crippen LogP contribution in [0.1, 0.15) is 24.9 Å². The number of nitrogens with zero attached hydrogens (tertiary/aromatic N) is 4. The van der Waals surface area contributed by atoms with Crippen LogP contribution in [0.4, 0.5) is 5.82 Å². The third-order valence-corrected chi connectivity index (χ3v) is 5.74. The van der Waals surface area contributed by atoms with Gasteiger partial charge in [0.1, 0.15) is 41.9 Å². The highest BCUT2D eigenvalue weighted by molar-refractivity contribution is 7.51. The number of hydrogen-bond donors (Lipinski definition) is 4. The molecule has 4 atom stereocenters. The molecule has 2 aromatic heterocycles. The third-order valence-electron chi connectivity index (χ3n) is 5.22. The molecule has 0 amide bonds. The van der Waals surface area contributed by atoms with Crippen molar-refractivity contribution in [1.29, 1.82) is 0 Å². The largest absolute Gasteiger partial charge is 0.387 e. The molecule has 0 aliphatic carbocycles. The molecule has 29 heavy (non-hydrogen) atoms. The van der Waals surface area contributed by atoms with Gasteiger partial charge in [-0.25, -0.2) is 9.97 Å². The van der Waals surface area contributed by atoms with Crippen LogP contribution in [0.25, 0.3) is 11.0 Å². The van der Waals surface area contributed by atoms with Gasteiger partial charge in [0, 0.05) is 19.3 Å². The van der Waals surface area contributed by atoms with E-state index in [1.807, 2.05) is 6.07 Å². The lowest BCUT2D eigenvalue weighted by Gasteiger charge is -2.20. The van der Waals surface area contributed by atoms with Crippen LogP contribution in [0, 0.1) is 6.92 Å². The van der Waals surface area contributed by atoms with Gasteiger partial charge in [0.2, 0.25) is 0 Å². The predicted octanol–water partition coefficient (Wildman–Crippen LogP) is 0.111. The SMILES string of the molecule is Cc1nc(N2CCCC2)c2ccn([C@@H]3O[C@H](COCP(=O)(O)O)[C@@H](O)[C@H]3O)c2n1. The van der Waals surface area contributed by atoms with Crippen LogP contribution < -0.4 is 4.90 Å². The van der Waals surface area contributed by atoms with E-state index >= 15 is 0 Å². The van der Waals surface area contributed by atoms with E-state index in [0.29, 0.717) is 11.5 Å². The molecule has 0 aromatic carbocycles. The first-order valence-electron chi connectivity index (χ1n) is 9.48. The first kappa shape index (κ1) is 20.7. The molecule has 0 radical (unpaired) electrons.